The first kappa shape index (κ1) is 21.6. The molecular formula is C17H28N4O4S2. The Kier molecular flexibility index (Phi) is 8.06. The van der Waals surface area contributed by atoms with E-state index in [0.717, 1.165) is 19.4 Å². The average molecular weight is 417 g/mol. The standard InChI is InChI=1S/C17H28N4O4S2/c1-4-25-16(22)14-7-5-10-21(13-14)17(18-2)19-9-11-20(3)27(23,24)15-8-6-12-26-15/h6,8,12,14H,4-5,7,9-11,13H2,1-3H3,(H,18,19)/t14-/m1/s1. The van der Waals surface area contributed by atoms with Gasteiger partial charge in [0.15, 0.2) is 5.96 Å². The molecular weight excluding hydrogens is 388 g/mol. The fourth-order valence-electron chi connectivity index (χ4n) is 2.96. The highest BCUT2D eigenvalue weighted by Gasteiger charge is 2.28. The number of ether oxygens (including phenoxy) is 1. The summed E-state index contributed by atoms with van der Waals surface area (Å²) in [5.74, 6) is 0.351. The lowest BCUT2D eigenvalue weighted by Gasteiger charge is -2.34. The Labute approximate surface area is 165 Å². The fraction of sp³-hybridized carbons (Fsp3) is 0.647. The first-order valence-electron chi connectivity index (χ1n) is 9.02. The summed E-state index contributed by atoms with van der Waals surface area (Å²) in [4.78, 5) is 18.3. The number of nitrogens with one attached hydrogen (secondary N) is 1. The quantitative estimate of drug-likeness (QED) is 0.408. The van der Waals surface area contributed by atoms with Gasteiger partial charge in [0.1, 0.15) is 4.21 Å². The Morgan fingerprint density at radius 2 is 2.30 bits per heavy atom. The van der Waals surface area contributed by atoms with Crippen LogP contribution < -0.4 is 5.32 Å². The smallest absolute Gasteiger partial charge is 0.310 e. The van der Waals surface area contributed by atoms with Crippen molar-refractivity contribution in [3.8, 4) is 0 Å². The van der Waals surface area contributed by atoms with Gasteiger partial charge in [-0.1, -0.05) is 6.07 Å². The third-order valence-electron chi connectivity index (χ3n) is 4.42. The number of hydrogen-bond acceptors (Lipinski definition) is 6. The monoisotopic (exact) mass is 416 g/mol. The summed E-state index contributed by atoms with van der Waals surface area (Å²) in [6.07, 6.45) is 1.70. The van der Waals surface area contributed by atoms with Gasteiger partial charge in [0, 0.05) is 40.3 Å². The molecule has 0 radical (unpaired) electrons. The van der Waals surface area contributed by atoms with E-state index < -0.39 is 10.0 Å². The Balaban J connectivity index is 1.87. The average Bonchev–Trinajstić information content (AvgIpc) is 3.21. The predicted molar refractivity (Wildman–Crippen MR) is 106 cm³/mol. The van der Waals surface area contributed by atoms with Crippen molar-refractivity contribution in [3.05, 3.63) is 17.5 Å². The summed E-state index contributed by atoms with van der Waals surface area (Å²) < 4.78 is 31.7. The molecule has 1 aromatic rings. The van der Waals surface area contributed by atoms with Crippen LogP contribution in [0.3, 0.4) is 0 Å². The predicted octanol–water partition coefficient (Wildman–Crippen LogP) is 1.22. The Bertz CT molecular complexity index is 734. The second-order valence-corrected chi connectivity index (χ2v) is 9.49. The van der Waals surface area contributed by atoms with Gasteiger partial charge < -0.3 is 15.0 Å². The number of carbonyl (C=O) groups is 1. The molecule has 8 nitrogen and oxygen atoms in total. The van der Waals surface area contributed by atoms with E-state index >= 15 is 0 Å². The van der Waals surface area contributed by atoms with Crippen LogP contribution in [0.1, 0.15) is 19.8 Å². The summed E-state index contributed by atoms with van der Waals surface area (Å²) in [6.45, 7) is 4.29. The van der Waals surface area contributed by atoms with Crippen LogP contribution in [0.2, 0.25) is 0 Å². The van der Waals surface area contributed by atoms with Crippen molar-refractivity contribution in [2.24, 2.45) is 10.9 Å². The van der Waals surface area contributed by atoms with Crippen molar-refractivity contribution < 1.29 is 17.9 Å². The van der Waals surface area contributed by atoms with E-state index in [9.17, 15) is 13.2 Å². The minimum Gasteiger partial charge on any atom is -0.466 e. The van der Waals surface area contributed by atoms with E-state index in [2.05, 4.69) is 10.3 Å². The van der Waals surface area contributed by atoms with Gasteiger partial charge in [-0.25, -0.2) is 8.42 Å². The molecule has 1 saturated heterocycles. The van der Waals surface area contributed by atoms with Gasteiger partial charge in [-0.2, -0.15) is 4.31 Å². The molecule has 0 aliphatic carbocycles. The zero-order valence-corrected chi connectivity index (χ0v) is 17.7. The van der Waals surface area contributed by atoms with Crippen LogP contribution in [-0.4, -0.2) is 76.4 Å². The molecule has 0 saturated carbocycles. The lowest BCUT2D eigenvalue weighted by atomic mass is 9.98. The maximum Gasteiger partial charge on any atom is 0.310 e. The van der Waals surface area contributed by atoms with Crippen molar-refractivity contribution in [2.75, 3.05) is 46.9 Å². The summed E-state index contributed by atoms with van der Waals surface area (Å²) in [5.41, 5.74) is 0. The zero-order chi connectivity index (χ0) is 19.9. The Morgan fingerprint density at radius 3 is 2.93 bits per heavy atom. The van der Waals surface area contributed by atoms with E-state index in [4.69, 9.17) is 4.74 Å². The van der Waals surface area contributed by atoms with Crippen molar-refractivity contribution in [3.63, 3.8) is 0 Å². The number of carbonyl (C=O) groups excluding carboxylic acids is 1. The minimum absolute atomic E-state index is 0.154. The highest BCUT2D eigenvalue weighted by atomic mass is 32.2. The van der Waals surface area contributed by atoms with Gasteiger partial charge in [-0.15, -0.1) is 11.3 Å². The number of aliphatic imine (C=N–C) groups is 1. The highest BCUT2D eigenvalue weighted by molar-refractivity contribution is 7.91. The molecule has 0 unspecified atom stereocenters. The largest absolute Gasteiger partial charge is 0.466 e. The Hall–Kier alpha value is -1.65. The van der Waals surface area contributed by atoms with Gasteiger partial charge >= 0.3 is 5.97 Å². The number of sulfonamides is 1. The maximum atomic E-state index is 12.4. The summed E-state index contributed by atoms with van der Waals surface area (Å²) in [7, 11) is -0.205. The highest BCUT2D eigenvalue weighted by Crippen LogP contribution is 2.20. The first-order chi connectivity index (χ1) is 12.9. The van der Waals surface area contributed by atoms with Crippen LogP contribution in [-0.2, 0) is 19.6 Å². The lowest BCUT2D eigenvalue weighted by Crippen LogP contribution is -2.49. The van der Waals surface area contributed by atoms with Crippen LogP contribution in [0.5, 0.6) is 0 Å². The number of likely N-dealkylation sites (N-methyl/N-ethyl adjacent to an activating group) is 1. The van der Waals surface area contributed by atoms with Crippen LogP contribution >= 0.6 is 11.3 Å². The molecule has 2 heterocycles. The second-order valence-electron chi connectivity index (χ2n) is 6.27. The first-order valence-corrected chi connectivity index (χ1v) is 11.3. The number of nitrogens with zero attached hydrogens (tertiary/aromatic N) is 3. The minimum atomic E-state index is -3.45. The molecule has 2 rings (SSSR count). The lowest BCUT2D eigenvalue weighted by molar-refractivity contribution is -0.149. The van der Waals surface area contributed by atoms with Gasteiger partial charge in [0.2, 0.25) is 0 Å². The zero-order valence-electron chi connectivity index (χ0n) is 16.1. The Morgan fingerprint density at radius 1 is 1.52 bits per heavy atom. The van der Waals surface area contributed by atoms with E-state index in [1.165, 1.54) is 15.6 Å². The molecule has 0 aromatic carbocycles. The summed E-state index contributed by atoms with van der Waals surface area (Å²) >= 11 is 1.21. The van der Waals surface area contributed by atoms with Crippen molar-refractivity contribution in [1.29, 1.82) is 0 Å². The topological polar surface area (TPSA) is 91.3 Å². The second kappa shape index (κ2) is 10.0. The molecule has 1 N–H and O–H groups in total. The van der Waals surface area contributed by atoms with Gasteiger partial charge in [-0.05, 0) is 31.2 Å². The van der Waals surface area contributed by atoms with Crippen molar-refractivity contribution in [2.45, 2.75) is 24.0 Å². The van der Waals surface area contributed by atoms with E-state index in [1.807, 2.05) is 4.90 Å². The fourth-order valence-corrected chi connectivity index (χ4v) is 5.34. The number of thiophene rings is 1. The van der Waals surface area contributed by atoms with Crippen molar-refractivity contribution in [1.82, 2.24) is 14.5 Å². The SMILES string of the molecule is CCOC(=O)[C@@H]1CCCN(C(=NC)NCCN(C)S(=O)(=O)c2cccs2)C1. The van der Waals surface area contributed by atoms with Gasteiger partial charge in [0.25, 0.3) is 10.0 Å². The molecule has 1 aliphatic rings. The van der Waals surface area contributed by atoms with E-state index in [-0.39, 0.29) is 11.9 Å². The summed E-state index contributed by atoms with van der Waals surface area (Å²) in [6, 6.07) is 3.33. The number of hydrogen-bond donors (Lipinski definition) is 1. The third-order valence-corrected chi connectivity index (χ3v) is 7.65. The molecule has 27 heavy (non-hydrogen) atoms. The van der Waals surface area contributed by atoms with E-state index in [1.54, 1.807) is 38.5 Å². The molecule has 152 valence electrons. The number of piperidine rings is 1. The molecule has 1 aliphatic heterocycles. The number of rotatable bonds is 7. The van der Waals surface area contributed by atoms with Crippen LogP contribution in [0.4, 0.5) is 0 Å². The third kappa shape index (κ3) is 5.66. The van der Waals surface area contributed by atoms with Gasteiger partial charge in [0.05, 0.1) is 12.5 Å². The molecule has 0 spiro atoms. The number of esters is 1. The van der Waals surface area contributed by atoms with Crippen LogP contribution in [0, 0.1) is 5.92 Å². The van der Waals surface area contributed by atoms with Gasteiger partial charge in [-0.3, -0.25) is 9.79 Å². The summed E-state index contributed by atoms with van der Waals surface area (Å²) in [5, 5.41) is 4.95. The molecule has 10 heteroatoms. The van der Waals surface area contributed by atoms with Crippen molar-refractivity contribution >= 4 is 33.3 Å². The number of likely N-dealkylation sites (tertiary alicyclic amines) is 1. The molecule has 1 atom stereocenters. The molecule has 0 bridgehead atoms. The number of guanidine groups is 1. The maximum absolute atomic E-state index is 12.4. The van der Waals surface area contributed by atoms with Crippen LogP contribution in [0.25, 0.3) is 0 Å². The van der Waals surface area contributed by atoms with E-state index in [0.29, 0.717) is 36.4 Å². The van der Waals surface area contributed by atoms with Crippen LogP contribution in [0.15, 0.2) is 26.7 Å². The normalized spacial score (nSPS) is 18.6. The molecule has 0 amide bonds. The molecule has 1 fully saturated rings. The molecule has 1 aromatic heterocycles.